The molecule has 0 unspecified atom stereocenters. The first-order valence-electron chi connectivity index (χ1n) is 10.5. The summed E-state index contributed by atoms with van der Waals surface area (Å²) in [7, 11) is 1.59. The van der Waals surface area contributed by atoms with E-state index in [0.29, 0.717) is 17.9 Å². The molecule has 4 aromatic carbocycles. The maximum absolute atomic E-state index is 12.8. The summed E-state index contributed by atoms with van der Waals surface area (Å²) in [6.07, 6.45) is 3.38. The monoisotopic (exact) mass is 418 g/mol. The first kappa shape index (κ1) is 19.8. The number of ether oxygens (including phenoxy) is 1. The van der Waals surface area contributed by atoms with Gasteiger partial charge in [0.1, 0.15) is 11.6 Å². The van der Waals surface area contributed by atoms with Crippen LogP contribution in [0.1, 0.15) is 21.7 Å². The summed E-state index contributed by atoms with van der Waals surface area (Å²) in [6, 6.07) is 29.9. The molecule has 0 fully saturated rings. The van der Waals surface area contributed by atoms with E-state index in [-0.39, 0.29) is 5.78 Å². The van der Waals surface area contributed by atoms with Gasteiger partial charge in [-0.3, -0.25) is 4.79 Å². The molecule has 0 saturated heterocycles. The van der Waals surface area contributed by atoms with Crippen LogP contribution in [0.2, 0.25) is 0 Å². The number of rotatable bonds is 6. The molecule has 0 aliphatic rings. The van der Waals surface area contributed by atoms with E-state index < -0.39 is 0 Å². The van der Waals surface area contributed by atoms with Crippen LogP contribution in [0.15, 0.2) is 97.1 Å². The maximum atomic E-state index is 12.8. The van der Waals surface area contributed by atoms with Crippen LogP contribution in [0.5, 0.6) is 5.75 Å². The van der Waals surface area contributed by atoms with Crippen molar-refractivity contribution < 1.29 is 9.53 Å². The molecule has 5 rings (SSSR count). The third kappa shape index (κ3) is 3.79. The number of benzene rings is 4. The van der Waals surface area contributed by atoms with Gasteiger partial charge >= 0.3 is 0 Å². The lowest BCUT2D eigenvalue weighted by Gasteiger charge is -2.10. The third-order valence-electron chi connectivity index (χ3n) is 5.63. The molecule has 5 aromatic rings. The Morgan fingerprint density at radius 3 is 2.62 bits per heavy atom. The van der Waals surface area contributed by atoms with Gasteiger partial charge in [0.05, 0.1) is 24.7 Å². The molecule has 0 spiro atoms. The first-order valence-corrected chi connectivity index (χ1v) is 10.5. The lowest BCUT2D eigenvalue weighted by atomic mass is 10.0. The fourth-order valence-electron chi connectivity index (χ4n) is 4.01. The molecule has 0 amide bonds. The number of carbonyl (C=O) groups is 1. The van der Waals surface area contributed by atoms with Gasteiger partial charge in [0.2, 0.25) is 0 Å². The average Bonchev–Trinajstić information content (AvgIpc) is 3.20. The summed E-state index contributed by atoms with van der Waals surface area (Å²) in [6.45, 7) is 0.662. The number of imidazole rings is 1. The van der Waals surface area contributed by atoms with E-state index in [0.717, 1.165) is 16.9 Å². The number of methoxy groups -OCH3 is 1. The number of allylic oxidation sites excluding steroid dienone is 1. The van der Waals surface area contributed by atoms with Crippen LogP contribution in [-0.4, -0.2) is 22.4 Å². The highest BCUT2D eigenvalue weighted by atomic mass is 16.5. The predicted molar refractivity (Wildman–Crippen MR) is 129 cm³/mol. The molecular formula is C28H22N2O2. The van der Waals surface area contributed by atoms with Gasteiger partial charge in [-0.25, -0.2) is 4.98 Å². The number of fused-ring (bicyclic) bond motifs is 2. The summed E-state index contributed by atoms with van der Waals surface area (Å²) in [5.74, 6) is 1.32. The lowest BCUT2D eigenvalue weighted by molar-refractivity contribution is 0.104. The molecule has 0 aliphatic carbocycles. The molecule has 0 aliphatic heterocycles. The van der Waals surface area contributed by atoms with E-state index in [1.165, 1.54) is 16.3 Å². The summed E-state index contributed by atoms with van der Waals surface area (Å²) in [5.41, 5.74) is 3.73. The fourth-order valence-corrected chi connectivity index (χ4v) is 4.01. The van der Waals surface area contributed by atoms with Crippen molar-refractivity contribution in [2.75, 3.05) is 7.11 Å². The van der Waals surface area contributed by atoms with Crippen molar-refractivity contribution in [1.82, 2.24) is 9.55 Å². The molecule has 0 N–H and O–H groups in total. The topological polar surface area (TPSA) is 44.1 Å². The Morgan fingerprint density at radius 1 is 0.938 bits per heavy atom. The Bertz CT molecular complexity index is 1460. The van der Waals surface area contributed by atoms with Crippen molar-refractivity contribution >= 4 is 33.7 Å². The number of aromatic nitrogens is 2. The lowest BCUT2D eigenvalue weighted by Crippen LogP contribution is -2.03. The molecule has 0 saturated carbocycles. The molecule has 0 bridgehead atoms. The Morgan fingerprint density at radius 2 is 1.72 bits per heavy atom. The van der Waals surface area contributed by atoms with Crippen molar-refractivity contribution in [3.8, 4) is 5.75 Å². The van der Waals surface area contributed by atoms with E-state index in [4.69, 9.17) is 9.72 Å². The van der Waals surface area contributed by atoms with E-state index in [1.54, 1.807) is 31.4 Å². The van der Waals surface area contributed by atoms with Crippen LogP contribution in [0.25, 0.3) is 27.9 Å². The summed E-state index contributed by atoms with van der Waals surface area (Å²) < 4.78 is 7.39. The minimum absolute atomic E-state index is 0.0901. The SMILES string of the molecule is COc1cccc(C(=O)/C=C/c2nc3ccccc3n2Cc2cccc3ccccc23)c1. The fraction of sp³-hybridized carbons (Fsp3) is 0.0714. The Kier molecular flexibility index (Phi) is 5.26. The second-order valence-corrected chi connectivity index (χ2v) is 7.61. The standard InChI is InChI=1S/C28H22N2O2/c1-32-23-12-7-10-21(18-23)27(31)16-17-28-29-25-14-4-5-15-26(25)30(28)19-22-11-6-9-20-8-2-3-13-24(20)22/h2-18H,19H2,1H3/b17-16+. The van der Waals surface area contributed by atoms with Gasteiger partial charge in [-0.2, -0.15) is 0 Å². The highest BCUT2D eigenvalue weighted by Gasteiger charge is 2.11. The van der Waals surface area contributed by atoms with Crippen molar-refractivity contribution in [3.63, 3.8) is 0 Å². The minimum Gasteiger partial charge on any atom is -0.497 e. The first-order chi connectivity index (χ1) is 15.7. The van der Waals surface area contributed by atoms with E-state index in [9.17, 15) is 4.79 Å². The quantitative estimate of drug-likeness (QED) is 0.246. The van der Waals surface area contributed by atoms with Gasteiger partial charge in [0, 0.05) is 5.56 Å². The zero-order valence-corrected chi connectivity index (χ0v) is 17.7. The number of para-hydroxylation sites is 2. The van der Waals surface area contributed by atoms with E-state index >= 15 is 0 Å². The predicted octanol–water partition coefficient (Wildman–Crippen LogP) is 6.14. The van der Waals surface area contributed by atoms with Crippen LogP contribution < -0.4 is 4.74 Å². The summed E-state index contributed by atoms with van der Waals surface area (Å²) in [4.78, 5) is 17.6. The normalized spacial score (nSPS) is 11.4. The highest BCUT2D eigenvalue weighted by Crippen LogP contribution is 2.24. The van der Waals surface area contributed by atoms with Crippen LogP contribution in [0.4, 0.5) is 0 Å². The van der Waals surface area contributed by atoms with Crippen molar-refractivity contribution in [2.24, 2.45) is 0 Å². The molecule has 1 aromatic heterocycles. The number of hydrogen-bond donors (Lipinski definition) is 0. The van der Waals surface area contributed by atoms with Crippen molar-refractivity contribution in [3.05, 3.63) is 114 Å². The van der Waals surface area contributed by atoms with Crippen LogP contribution in [-0.2, 0) is 6.54 Å². The zero-order valence-electron chi connectivity index (χ0n) is 17.7. The van der Waals surface area contributed by atoms with Crippen molar-refractivity contribution in [2.45, 2.75) is 6.54 Å². The molecule has 0 atom stereocenters. The van der Waals surface area contributed by atoms with Crippen LogP contribution in [0.3, 0.4) is 0 Å². The third-order valence-corrected chi connectivity index (χ3v) is 5.63. The van der Waals surface area contributed by atoms with Gasteiger partial charge in [0.25, 0.3) is 0 Å². The van der Waals surface area contributed by atoms with Gasteiger partial charge in [-0.1, -0.05) is 66.7 Å². The van der Waals surface area contributed by atoms with Gasteiger partial charge in [-0.05, 0) is 52.8 Å². The number of carbonyl (C=O) groups excluding carboxylic acids is 1. The summed E-state index contributed by atoms with van der Waals surface area (Å²) in [5, 5.41) is 2.43. The van der Waals surface area contributed by atoms with Crippen LogP contribution in [0, 0.1) is 0 Å². The molecular weight excluding hydrogens is 396 g/mol. The zero-order chi connectivity index (χ0) is 21.9. The highest BCUT2D eigenvalue weighted by molar-refractivity contribution is 6.07. The largest absolute Gasteiger partial charge is 0.497 e. The molecule has 32 heavy (non-hydrogen) atoms. The molecule has 1 heterocycles. The molecule has 0 radical (unpaired) electrons. The Balaban J connectivity index is 1.54. The van der Waals surface area contributed by atoms with E-state index in [2.05, 4.69) is 53.1 Å². The van der Waals surface area contributed by atoms with E-state index in [1.807, 2.05) is 30.3 Å². The smallest absolute Gasteiger partial charge is 0.186 e. The Labute approximate surface area is 186 Å². The average molecular weight is 418 g/mol. The van der Waals surface area contributed by atoms with Crippen molar-refractivity contribution in [1.29, 1.82) is 0 Å². The van der Waals surface area contributed by atoms with Gasteiger partial charge in [-0.15, -0.1) is 0 Å². The Hall–Kier alpha value is -4.18. The molecule has 4 heteroatoms. The molecule has 156 valence electrons. The second kappa shape index (κ2) is 8.52. The number of hydrogen-bond acceptors (Lipinski definition) is 3. The summed E-state index contributed by atoms with van der Waals surface area (Å²) >= 11 is 0. The number of ketones is 1. The maximum Gasteiger partial charge on any atom is 0.186 e. The second-order valence-electron chi connectivity index (χ2n) is 7.61. The molecule has 4 nitrogen and oxygen atoms in total. The van der Waals surface area contributed by atoms with Crippen LogP contribution >= 0.6 is 0 Å². The number of nitrogens with zero attached hydrogens (tertiary/aromatic N) is 2. The van der Waals surface area contributed by atoms with Gasteiger partial charge in [0.15, 0.2) is 5.78 Å². The minimum atomic E-state index is -0.0901. The van der Waals surface area contributed by atoms with Gasteiger partial charge < -0.3 is 9.30 Å².